The Morgan fingerprint density at radius 2 is 1.94 bits per heavy atom. The molecule has 2 aromatic carbocycles. The molecule has 1 aliphatic rings. The Hall–Kier alpha value is -2.74. The summed E-state index contributed by atoms with van der Waals surface area (Å²) >= 11 is 0. The number of halogens is 1. The van der Waals surface area contributed by atoms with Crippen LogP contribution in [0.3, 0.4) is 0 Å². The normalized spacial score (nSPS) is 16.8. The molecule has 0 radical (unpaired) electrons. The van der Waals surface area contributed by atoms with Crippen molar-refractivity contribution in [2.24, 2.45) is 0 Å². The highest BCUT2D eigenvalue weighted by atomic mass is 19.1. The summed E-state index contributed by atoms with van der Waals surface area (Å²) in [5.74, 6) is 0.842. The van der Waals surface area contributed by atoms with Gasteiger partial charge >= 0.3 is 0 Å². The van der Waals surface area contributed by atoms with E-state index in [2.05, 4.69) is 11.8 Å². The molecule has 0 aliphatic carbocycles. The smallest absolute Gasteiger partial charge is 0.227 e. The van der Waals surface area contributed by atoms with Crippen LogP contribution in [-0.2, 0) is 17.7 Å². The number of aromatic nitrogens is 2. The highest BCUT2D eigenvalue weighted by Gasteiger charge is 2.26. The molecule has 0 saturated carbocycles. The van der Waals surface area contributed by atoms with Crippen molar-refractivity contribution < 1.29 is 19.0 Å². The number of hydrogen-bond donors (Lipinski definition) is 1. The van der Waals surface area contributed by atoms with E-state index in [4.69, 9.17) is 14.6 Å². The molecule has 2 atom stereocenters. The summed E-state index contributed by atoms with van der Waals surface area (Å²) in [5.41, 5.74) is 2.79. The molecule has 0 unspecified atom stereocenters. The lowest BCUT2D eigenvalue weighted by Crippen LogP contribution is -2.37. The van der Waals surface area contributed by atoms with Gasteiger partial charge in [0, 0.05) is 26.2 Å². The van der Waals surface area contributed by atoms with Crippen LogP contribution in [-0.4, -0.2) is 51.7 Å². The number of aliphatic hydroxyl groups excluding tert-OH is 1. The van der Waals surface area contributed by atoms with Gasteiger partial charge in [-0.25, -0.2) is 9.07 Å². The molecule has 182 valence electrons. The second kappa shape index (κ2) is 11.6. The van der Waals surface area contributed by atoms with Crippen molar-refractivity contribution in [2.45, 2.75) is 58.3 Å². The lowest BCUT2D eigenvalue weighted by atomic mass is 10.1. The monoisotopic (exact) mass is 467 g/mol. The van der Waals surface area contributed by atoms with Crippen LogP contribution in [0.5, 0.6) is 11.6 Å². The Labute approximate surface area is 200 Å². The van der Waals surface area contributed by atoms with Gasteiger partial charge in [-0.3, -0.25) is 4.90 Å². The topological polar surface area (TPSA) is 59.8 Å². The van der Waals surface area contributed by atoms with Crippen LogP contribution < -0.4 is 4.74 Å². The third-order valence-corrected chi connectivity index (χ3v) is 6.19. The predicted octanol–water partition coefficient (Wildman–Crippen LogP) is 5.12. The predicted molar refractivity (Wildman–Crippen MR) is 130 cm³/mol. The fraction of sp³-hybridized carbons (Fsp3) is 0.444. The Morgan fingerprint density at radius 3 is 2.59 bits per heavy atom. The summed E-state index contributed by atoms with van der Waals surface area (Å²) in [4.78, 5) is 2.24. The zero-order valence-corrected chi connectivity index (χ0v) is 20.0. The number of aliphatic hydroxyl groups is 1. The van der Waals surface area contributed by atoms with Gasteiger partial charge in [0.2, 0.25) is 5.88 Å². The molecule has 4 rings (SSSR count). The molecule has 1 fully saturated rings. The van der Waals surface area contributed by atoms with Gasteiger partial charge in [-0.05, 0) is 62.1 Å². The van der Waals surface area contributed by atoms with E-state index in [1.54, 1.807) is 12.1 Å². The van der Waals surface area contributed by atoms with E-state index in [1.807, 2.05) is 41.9 Å². The molecule has 0 spiro atoms. The fourth-order valence-corrected chi connectivity index (χ4v) is 4.31. The van der Waals surface area contributed by atoms with Crippen molar-refractivity contribution in [3.8, 4) is 17.3 Å². The number of benzene rings is 2. The van der Waals surface area contributed by atoms with Crippen molar-refractivity contribution in [1.82, 2.24) is 14.7 Å². The standard InChI is InChI=1S/C27H34FN3O3/c1-3-22(32)17-30(18-24-11-8-16-33-24)19-25-26(4-2)29-31(21-9-6-5-7-10-21)27(25)34-23-14-12-20(28)13-15-23/h5-7,9-10,12-15,22,24,32H,3-4,8,11,16-19H2,1-2H3/t22-,24+/m1/s1. The minimum Gasteiger partial charge on any atom is -0.439 e. The SMILES string of the molecule is CCc1nn(-c2ccccc2)c(Oc2ccc(F)cc2)c1CN(C[C@H](O)CC)C[C@@H]1CCCO1. The van der Waals surface area contributed by atoms with E-state index in [9.17, 15) is 9.50 Å². The lowest BCUT2D eigenvalue weighted by molar-refractivity contribution is 0.0451. The molecule has 1 aromatic heterocycles. The number of ether oxygens (including phenoxy) is 2. The molecule has 1 aliphatic heterocycles. The van der Waals surface area contributed by atoms with Gasteiger partial charge < -0.3 is 14.6 Å². The number of para-hydroxylation sites is 1. The molecule has 0 bridgehead atoms. The maximum absolute atomic E-state index is 13.5. The molecule has 6 nitrogen and oxygen atoms in total. The van der Waals surface area contributed by atoms with Crippen LogP contribution in [0, 0.1) is 5.82 Å². The fourth-order valence-electron chi connectivity index (χ4n) is 4.31. The first-order chi connectivity index (χ1) is 16.6. The average molecular weight is 468 g/mol. The first kappa shape index (κ1) is 24.4. The van der Waals surface area contributed by atoms with Gasteiger partial charge in [-0.2, -0.15) is 5.10 Å². The van der Waals surface area contributed by atoms with E-state index in [0.717, 1.165) is 49.4 Å². The average Bonchev–Trinajstić information content (AvgIpc) is 3.49. The van der Waals surface area contributed by atoms with Crippen molar-refractivity contribution in [1.29, 1.82) is 0 Å². The van der Waals surface area contributed by atoms with Crippen LogP contribution in [0.25, 0.3) is 5.69 Å². The summed E-state index contributed by atoms with van der Waals surface area (Å²) in [6, 6.07) is 15.9. The summed E-state index contributed by atoms with van der Waals surface area (Å²) in [5, 5.41) is 15.3. The highest BCUT2D eigenvalue weighted by molar-refractivity contribution is 5.43. The number of aryl methyl sites for hydroxylation is 1. The third kappa shape index (κ3) is 6.03. The Balaban J connectivity index is 1.72. The Bertz CT molecular complexity index is 1030. The van der Waals surface area contributed by atoms with Crippen molar-refractivity contribution in [3.05, 3.63) is 71.7 Å². The van der Waals surface area contributed by atoms with Crippen molar-refractivity contribution in [2.75, 3.05) is 19.7 Å². The number of hydrogen-bond acceptors (Lipinski definition) is 5. The molecule has 1 N–H and O–H groups in total. The van der Waals surface area contributed by atoms with Crippen LogP contribution >= 0.6 is 0 Å². The summed E-state index contributed by atoms with van der Waals surface area (Å²) < 4.78 is 27.6. The van der Waals surface area contributed by atoms with Crippen molar-refractivity contribution in [3.63, 3.8) is 0 Å². The molecular formula is C27H34FN3O3. The van der Waals surface area contributed by atoms with Gasteiger partial charge in [0.1, 0.15) is 11.6 Å². The second-order valence-corrected chi connectivity index (χ2v) is 8.78. The maximum atomic E-state index is 13.5. The van der Waals surface area contributed by atoms with E-state index in [0.29, 0.717) is 31.1 Å². The molecule has 3 aromatic rings. The molecule has 1 saturated heterocycles. The molecule has 0 amide bonds. The van der Waals surface area contributed by atoms with Gasteiger partial charge in [-0.15, -0.1) is 0 Å². The van der Waals surface area contributed by atoms with Gasteiger partial charge in [0.05, 0.1) is 29.2 Å². The minimum atomic E-state index is -0.419. The summed E-state index contributed by atoms with van der Waals surface area (Å²) in [7, 11) is 0. The van der Waals surface area contributed by atoms with Crippen LogP contribution in [0.4, 0.5) is 4.39 Å². The van der Waals surface area contributed by atoms with E-state index in [1.165, 1.54) is 12.1 Å². The van der Waals surface area contributed by atoms with Gasteiger partial charge in [0.15, 0.2) is 0 Å². The van der Waals surface area contributed by atoms with Crippen molar-refractivity contribution >= 4 is 0 Å². The first-order valence-corrected chi connectivity index (χ1v) is 12.2. The Kier molecular flexibility index (Phi) is 8.32. The zero-order chi connectivity index (χ0) is 23.9. The van der Waals surface area contributed by atoms with Crippen LogP contribution in [0.15, 0.2) is 54.6 Å². The number of nitrogens with zero attached hydrogens (tertiary/aromatic N) is 3. The summed E-state index contributed by atoms with van der Waals surface area (Å²) in [6.45, 7) is 6.72. The van der Waals surface area contributed by atoms with E-state index < -0.39 is 6.10 Å². The molecule has 2 heterocycles. The lowest BCUT2D eigenvalue weighted by Gasteiger charge is -2.27. The highest BCUT2D eigenvalue weighted by Crippen LogP contribution is 2.32. The first-order valence-electron chi connectivity index (χ1n) is 12.2. The van der Waals surface area contributed by atoms with Crippen LogP contribution in [0.1, 0.15) is 44.4 Å². The second-order valence-electron chi connectivity index (χ2n) is 8.78. The quantitative estimate of drug-likeness (QED) is 0.424. The molecule has 34 heavy (non-hydrogen) atoms. The Morgan fingerprint density at radius 1 is 1.18 bits per heavy atom. The van der Waals surface area contributed by atoms with Gasteiger partial charge in [0.25, 0.3) is 0 Å². The van der Waals surface area contributed by atoms with E-state index >= 15 is 0 Å². The zero-order valence-electron chi connectivity index (χ0n) is 20.0. The van der Waals surface area contributed by atoms with Gasteiger partial charge in [-0.1, -0.05) is 32.0 Å². The number of rotatable bonds is 11. The van der Waals surface area contributed by atoms with Crippen LogP contribution in [0.2, 0.25) is 0 Å². The third-order valence-electron chi connectivity index (χ3n) is 6.19. The molecule has 7 heteroatoms. The van der Waals surface area contributed by atoms with E-state index in [-0.39, 0.29) is 11.9 Å². The molecular weight excluding hydrogens is 433 g/mol. The minimum absolute atomic E-state index is 0.166. The summed E-state index contributed by atoms with van der Waals surface area (Å²) in [6.07, 6.45) is 3.27. The maximum Gasteiger partial charge on any atom is 0.227 e. The largest absolute Gasteiger partial charge is 0.439 e.